The molecule has 1 aromatic heterocycles. The molecule has 1 atom stereocenters. The van der Waals surface area contributed by atoms with Crippen LogP contribution in [0.2, 0.25) is 0 Å². The van der Waals surface area contributed by atoms with Crippen LogP contribution in [-0.2, 0) is 16.4 Å². The number of fused-ring (bicyclic) bond motifs is 1. The Morgan fingerprint density at radius 2 is 2.09 bits per heavy atom. The first-order chi connectivity index (χ1) is 11.0. The van der Waals surface area contributed by atoms with E-state index in [-0.39, 0.29) is 10.8 Å². The van der Waals surface area contributed by atoms with Crippen LogP contribution in [0.5, 0.6) is 5.75 Å². The van der Waals surface area contributed by atoms with Crippen molar-refractivity contribution >= 4 is 10.0 Å². The summed E-state index contributed by atoms with van der Waals surface area (Å²) in [4.78, 5) is 0.141. The van der Waals surface area contributed by atoms with Gasteiger partial charge in [0.05, 0.1) is 6.61 Å². The van der Waals surface area contributed by atoms with Crippen molar-refractivity contribution in [2.75, 3.05) is 13.2 Å². The van der Waals surface area contributed by atoms with Crippen LogP contribution in [0.1, 0.15) is 23.4 Å². The number of rotatable bonds is 4. The van der Waals surface area contributed by atoms with Crippen LogP contribution in [0.25, 0.3) is 0 Å². The fourth-order valence-electron chi connectivity index (χ4n) is 2.89. The summed E-state index contributed by atoms with van der Waals surface area (Å²) in [5, 5.41) is 3.71. The molecule has 124 valence electrons. The Labute approximate surface area is 135 Å². The topological polar surface area (TPSA) is 81.4 Å². The first-order valence-corrected chi connectivity index (χ1v) is 9.09. The largest absolute Gasteiger partial charge is 0.493 e. The average Bonchev–Trinajstić information content (AvgIpc) is 2.74. The summed E-state index contributed by atoms with van der Waals surface area (Å²) in [5.74, 6) is 1.39. The van der Waals surface area contributed by atoms with Crippen LogP contribution in [0.15, 0.2) is 33.7 Å². The predicted octanol–water partition coefficient (Wildman–Crippen LogP) is 2.21. The van der Waals surface area contributed by atoms with Crippen LogP contribution < -0.4 is 9.46 Å². The molecule has 0 amide bonds. The van der Waals surface area contributed by atoms with Crippen LogP contribution >= 0.6 is 0 Å². The van der Waals surface area contributed by atoms with E-state index in [4.69, 9.17) is 9.26 Å². The maximum Gasteiger partial charge on any atom is 0.245 e. The number of aromatic nitrogens is 1. The van der Waals surface area contributed by atoms with E-state index >= 15 is 0 Å². The number of ether oxygens (including phenoxy) is 1. The van der Waals surface area contributed by atoms with Crippen molar-refractivity contribution in [1.82, 2.24) is 9.88 Å². The lowest BCUT2D eigenvalue weighted by molar-refractivity contribution is 0.294. The Morgan fingerprint density at radius 1 is 1.30 bits per heavy atom. The monoisotopic (exact) mass is 336 g/mol. The normalized spacial score (nSPS) is 18.1. The predicted molar refractivity (Wildman–Crippen MR) is 84.9 cm³/mol. The zero-order valence-corrected chi connectivity index (χ0v) is 14.0. The first-order valence-electron chi connectivity index (χ1n) is 7.60. The second kappa shape index (κ2) is 6.33. The summed E-state index contributed by atoms with van der Waals surface area (Å²) >= 11 is 0. The SMILES string of the molecule is Cc1noc(C)c1S(=O)(=O)NC[C@@H]1CCOc2ccccc2C1. The van der Waals surface area contributed by atoms with Crippen LogP contribution in [0.4, 0.5) is 0 Å². The third-order valence-electron chi connectivity index (χ3n) is 4.06. The summed E-state index contributed by atoms with van der Waals surface area (Å²) in [5.41, 5.74) is 1.50. The minimum absolute atomic E-state index is 0.141. The number of nitrogens with zero attached hydrogens (tertiary/aromatic N) is 1. The van der Waals surface area contributed by atoms with Gasteiger partial charge in [0.2, 0.25) is 10.0 Å². The number of hydrogen-bond acceptors (Lipinski definition) is 5. The van der Waals surface area contributed by atoms with E-state index in [1.807, 2.05) is 24.3 Å². The molecule has 0 bridgehead atoms. The zero-order valence-electron chi connectivity index (χ0n) is 13.2. The number of para-hydroxylation sites is 1. The van der Waals surface area contributed by atoms with E-state index < -0.39 is 10.0 Å². The molecule has 0 radical (unpaired) electrons. The molecular weight excluding hydrogens is 316 g/mol. The molecule has 1 aliphatic heterocycles. The Morgan fingerprint density at radius 3 is 2.83 bits per heavy atom. The number of aryl methyl sites for hydroxylation is 2. The third kappa shape index (κ3) is 3.40. The van der Waals surface area contributed by atoms with Gasteiger partial charge in [-0.15, -0.1) is 0 Å². The van der Waals surface area contributed by atoms with Gasteiger partial charge in [0.15, 0.2) is 5.76 Å². The van der Waals surface area contributed by atoms with Gasteiger partial charge in [0.1, 0.15) is 16.3 Å². The van der Waals surface area contributed by atoms with Gasteiger partial charge in [-0.25, -0.2) is 13.1 Å². The third-order valence-corrected chi connectivity index (χ3v) is 5.73. The number of sulfonamides is 1. The molecule has 2 aromatic rings. The lowest BCUT2D eigenvalue weighted by Gasteiger charge is -2.14. The van der Waals surface area contributed by atoms with Crippen LogP contribution in [-0.4, -0.2) is 26.7 Å². The molecule has 1 aromatic carbocycles. The van der Waals surface area contributed by atoms with Gasteiger partial charge in [-0.2, -0.15) is 0 Å². The zero-order chi connectivity index (χ0) is 16.4. The van der Waals surface area contributed by atoms with Crippen LogP contribution in [0.3, 0.4) is 0 Å². The highest BCUT2D eigenvalue weighted by Crippen LogP contribution is 2.26. The van der Waals surface area contributed by atoms with Gasteiger partial charge < -0.3 is 9.26 Å². The minimum atomic E-state index is -3.61. The lowest BCUT2D eigenvalue weighted by atomic mass is 9.97. The van der Waals surface area contributed by atoms with Crippen molar-refractivity contribution < 1.29 is 17.7 Å². The van der Waals surface area contributed by atoms with Gasteiger partial charge in [-0.05, 0) is 44.2 Å². The van der Waals surface area contributed by atoms with Crippen molar-refractivity contribution in [3.8, 4) is 5.75 Å². The van der Waals surface area contributed by atoms with Gasteiger partial charge in [-0.1, -0.05) is 23.4 Å². The molecule has 0 spiro atoms. The van der Waals surface area contributed by atoms with Gasteiger partial charge >= 0.3 is 0 Å². The highest BCUT2D eigenvalue weighted by molar-refractivity contribution is 7.89. The van der Waals surface area contributed by atoms with E-state index in [0.29, 0.717) is 24.6 Å². The Hall–Kier alpha value is -1.86. The number of nitrogens with one attached hydrogen (secondary N) is 1. The van der Waals surface area contributed by atoms with Crippen molar-refractivity contribution in [3.63, 3.8) is 0 Å². The highest BCUT2D eigenvalue weighted by Gasteiger charge is 2.26. The summed E-state index contributed by atoms with van der Waals surface area (Å²) < 4.78 is 38.3. The maximum absolute atomic E-state index is 12.5. The fraction of sp³-hybridized carbons (Fsp3) is 0.438. The van der Waals surface area contributed by atoms with E-state index in [1.165, 1.54) is 0 Å². The summed E-state index contributed by atoms with van der Waals surface area (Å²) in [6.07, 6.45) is 1.60. The molecule has 3 rings (SSSR count). The molecule has 0 aliphatic carbocycles. The van der Waals surface area contributed by atoms with Crippen molar-refractivity contribution in [3.05, 3.63) is 41.3 Å². The van der Waals surface area contributed by atoms with Crippen LogP contribution in [0, 0.1) is 19.8 Å². The van der Waals surface area contributed by atoms with E-state index in [1.54, 1.807) is 13.8 Å². The van der Waals surface area contributed by atoms with E-state index in [0.717, 1.165) is 24.2 Å². The van der Waals surface area contributed by atoms with E-state index in [9.17, 15) is 8.42 Å². The average molecular weight is 336 g/mol. The molecule has 0 saturated carbocycles. The molecule has 0 fully saturated rings. The van der Waals surface area contributed by atoms with Gasteiger partial charge in [-0.3, -0.25) is 0 Å². The first kappa shape index (κ1) is 16.0. The second-order valence-electron chi connectivity index (χ2n) is 5.82. The second-order valence-corrected chi connectivity index (χ2v) is 7.52. The summed E-state index contributed by atoms with van der Waals surface area (Å²) in [6.45, 7) is 4.18. The fourth-order valence-corrected chi connectivity index (χ4v) is 4.34. The van der Waals surface area contributed by atoms with Crippen molar-refractivity contribution in [2.24, 2.45) is 5.92 Å². The van der Waals surface area contributed by atoms with Gasteiger partial charge in [0.25, 0.3) is 0 Å². The molecule has 6 nitrogen and oxygen atoms in total. The smallest absolute Gasteiger partial charge is 0.245 e. The summed E-state index contributed by atoms with van der Waals surface area (Å²) in [6, 6.07) is 7.89. The van der Waals surface area contributed by atoms with Crippen molar-refractivity contribution in [1.29, 1.82) is 0 Å². The standard InChI is InChI=1S/C16H20N2O4S/c1-11-16(12(2)22-18-11)23(19,20)17-10-13-7-8-21-15-6-4-3-5-14(15)9-13/h3-6,13,17H,7-10H2,1-2H3/t13-/m1/s1. The van der Waals surface area contributed by atoms with Gasteiger partial charge in [0, 0.05) is 6.54 Å². The number of hydrogen-bond donors (Lipinski definition) is 1. The Kier molecular flexibility index (Phi) is 4.41. The lowest BCUT2D eigenvalue weighted by Crippen LogP contribution is -2.31. The number of benzene rings is 1. The van der Waals surface area contributed by atoms with Crippen molar-refractivity contribution in [2.45, 2.75) is 31.6 Å². The molecule has 1 N–H and O–H groups in total. The Balaban J connectivity index is 1.71. The molecule has 23 heavy (non-hydrogen) atoms. The molecule has 1 aliphatic rings. The molecule has 0 unspecified atom stereocenters. The Bertz CT molecular complexity index is 779. The minimum Gasteiger partial charge on any atom is -0.493 e. The van der Waals surface area contributed by atoms with E-state index in [2.05, 4.69) is 9.88 Å². The molecular formula is C16H20N2O4S. The molecule has 7 heteroatoms. The molecule has 0 saturated heterocycles. The molecule has 2 heterocycles. The quantitative estimate of drug-likeness (QED) is 0.926. The highest BCUT2D eigenvalue weighted by atomic mass is 32.2. The maximum atomic E-state index is 12.5. The summed E-state index contributed by atoms with van der Waals surface area (Å²) in [7, 11) is -3.61.